The number of carbonyl (C=O) groups is 2. The van der Waals surface area contributed by atoms with Gasteiger partial charge in [0.1, 0.15) is 31.3 Å². The number of aryl methyl sites for hydroxylation is 2. The van der Waals surface area contributed by atoms with Crippen LogP contribution in [0.4, 0.5) is 0 Å². The lowest BCUT2D eigenvalue weighted by atomic mass is 10.0. The molecule has 1 heterocycles. The fourth-order valence-corrected chi connectivity index (χ4v) is 7.34. The number of nitrogens with zero attached hydrogens (tertiary/aromatic N) is 1. The first-order chi connectivity index (χ1) is 30.1. The van der Waals surface area contributed by atoms with E-state index in [-0.39, 0.29) is 26.1 Å². The first kappa shape index (κ1) is 58.2. The highest BCUT2D eigenvalue weighted by Crippen LogP contribution is 2.38. The average molecular weight is 908 g/mol. The highest BCUT2D eigenvalue weighted by molar-refractivity contribution is 7.45. The number of aliphatic hydroxyl groups excluding tert-OH is 2. The molecule has 1 unspecified atom stereocenters. The lowest BCUT2D eigenvalue weighted by Gasteiger charge is -2.28. The van der Waals surface area contributed by atoms with Crippen LogP contribution in [-0.4, -0.2) is 92.5 Å². The van der Waals surface area contributed by atoms with Crippen molar-refractivity contribution in [3.8, 4) is 0 Å². The zero-order valence-electron chi connectivity index (χ0n) is 40.2. The second kappa shape index (κ2) is 35.4. The lowest BCUT2D eigenvalue weighted by Crippen LogP contribution is -2.37. The molecule has 1 aromatic heterocycles. The highest BCUT2D eigenvalue weighted by Gasteiger charge is 2.22. The maximum atomic E-state index is 12.8. The molecule has 1 aromatic rings. The molecule has 1 rings (SSSR count). The molecule has 362 valence electrons. The van der Waals surface area contributed by atoms with Crippen molar-refractivity contribution < 1.29 is 56.7 Å². The zero-order valence-corrected chi connectivity index (χ0v) is 41.1. The molecule has 0 aromatic carbocycles. The Morgan fingerprint density at radius 1 is 0.698 bits per heavy atom. The van der Waals surface area contributed by atoms with Crippen LogP contribution in [0, 0.1) is 13.8 Å². The number of quaternary nitrogens is 1. The number of carbonyl (C=O) groups excluding carboxylic acids is 2. The Bertz CT molecular complexity index is 1530. The third-order valence-corrected chi connectivity index (χ3v) is 11.7. The Balaban J connectivity index is 2.45. The number of phosphoric acid groups is 1. The van der Waals surface area contributed by atoms with Gasteiger partial charge in [-0.1, -0.05) is 127 Å². The standard InChI is InChI=1S/C50H86NO11P/c1-8-10-12-13-18-24-30-44(52)31-25-21-22-26-32-45(53)33-29-37-49(54)58-40-46(41-60-63(56,57)59-39-38-51(5,6)7)61-50(55)36-28-20-17-15-14-16-19-27-35-48-43(4)42(3)47(62-48)34-23-11-9-2/h18,21-22,24-26,31-32,44-46,52-53H,8-17,19-20,23,27-30,33-41H2,1-7H3/b22-21+,24-18-,31-25+,32-26-/t44-,45-,46-/m1/s1. The fraction of sp³-hybridized carbons (Fsp3) is 0.720. The number of aliphatic hydroxyl groups is 2. The van der Waals surface area contributed by atoms with Crippen LogP contribution in [0.2, 0.25) is 0 Å². The van der Waals surface area contributed by atoms with Gasteiger partial charge in [0.2, 0.25) is 0 Å². The zero-order chi connectivity index (χ0) is 46.8. The Morgan fingerprint density at radius 2 is 1.25 bits per heavy atom. The summed E-state index contributed by atoms with van der Waals surface area (Å²) in [6.07, 6.45) is 31.7. The van der Waals surface area contributed by atoms with Crippen LogP contribution in [0.5, 0.6) is 0 Å². The van der Waals surface area contributed by atoms with Gasteiger partial charge in [-0.05, 0) is 76.3 Å². The van der Waals surface area contributed by atoms with E-state index in [0.29, 0.717) is 36.7 Å². The van der Waals surface area contributed by atoms with E-state index in [1.807, 2.05) is 27.2 Å². The molecule has 0 saturated heterocycles. The maximum Gasteiger partial charge on any atom is 0.306 e. The number of rotatable bonds is 39. The number of hydrogen-bond acceptors (Lipinski definition) is 11. The molecule has 12 nitrogen and oxygen atoms in total. The van der Waals surface area contributed by atoms with Crippen molar-refractivity contribution in [2.45, 2.75) is 187 Å². The Morgan fingerprint density at radius 3 is 1.87 bits per heavy atom. The van der Waals surface area contributed by atoms with Gasteiger partial charge in [-0.3, -0.25) is 14.2 Å². The molecule has 13 heteroatoms. The van der Waals surface area contributed by atoms with Crippen LogP contribution >= 0.6 is 7.82 Å². The molecule has 0 saturated carbocycles. The van der Waals surface area contributed by atoms with Gasteiger partial charge in [-0.15, -0.1) is 0 Å². The van der Waals surface area contributed by atoms with Gasteiger partial charge in [-0.2, -0.15) is 0 Å². The second-order valence-corrected chi connectivity index (χ2v) is 19.2. The van der Waals surface area contributed by atoms with Gasteiger partial charge in [-0.25, -0.2) is 0 Å². The van der Waals surface area contributed by atoms with Crippen molar-refractivity contribution >= 4 is 19.8 Å². The predicted molar refractivity (Wildman–Crippen MR) is 251 cm³/mol. The SMILES string of the molecule is CCCCC/C=C\C[C@@H](O)/C=C/C=C/C=C\[C@@H](O)CCCC(=O)OC[C@H](COP(=O)([O-])OCC[N+](C)(C)C)OC(=O)CCCCCCCCCCc1oc(CCCCC)c(C)c1C. The third kappa shape index (κ3) is 32.5. The molecule has 0 fully saturated rings. The molecule has 0 amide bonds. The van der Waals surface area contributed by atoms with Gasteiger partial charge >= 0.3 is 11.9 Å². The van der Waals surface area contributed by atoms with Gasteiger partial charge in [0.05, 0.1) is 40.0 Å². The quantitative estimate of drug-likeness (QED) is 0.0161. The first-order valence-electron chi connectivity index (χ1n) is 23.9. The molecule has 0 aliphatic rings. The van der Waals surface area contributed by atoms with E-state index in [9.17, 15) is 29.3 Å². The summed E-state index contributed by atoms with van der Waals surface area (Å²) in [5.41, 5.74) is 2.62. The summed E-state index contributed by atoms with van der Waals surface area (Å²) in [4.78, 5) is 37.8. The van der Waals surface area contributed by atoms with Gasteiger partial charge in [0.25, 0.3) is 7.82 Å². The Hall–Kier alpha value is -2.83. The van der Waals surface area contributed by atoms with Gasteiger partial charge in [0, 0.05) is 25.7 Å². The van der Waals surface area contributed by atoms with E-state index in [4.69, 9.17) is 22.9 Å². The van der Waals surface area contributed by atoms with Crippen LogP contribution in [0.1, 0.15) is 165 Å². The normalized spacial score (nSPS) is 14.9. The van der Waals surface area contributed by atoms with E-state index in [1.165, 1.54) is 49.7 Å². The minimum atomic E-state index is -4.70. The van der Waals surface area contributed by atoms with Crippen LogP contribution in [0.3, 0.4) is 0 Å². The van der Waals surface area contributed by atoms with E-state index in [0.717, 1.165) is 75.7 Å². The summed E-state index contributed by atoms with van der Waals surface area (Å²) in [6.45, 7) is 8.16. The van der Waals surface area contributed by atoms with Crippen LogP contribution in [0.25, 0.3) is 0 Å². The second-order valence-electron chi connectivity index (χ2n) is 17.8. The fourth-order valence-electron chi connectivity index (χ4n) is 6.61. The van der Waals surface area contributed by atoms with Crippen molar-refractivity contribution in [3.05, 3.63) is 71.3 Å². The summed E-state index contributed by atoms with van der Waals surface area (Å²) < 4.78 is 40.0. The number of likely N-dealkylation sites (N-methyl/N-ethyl adjacent to an activating group) is 1. The molecular weight excluding hydrogens is 822 g/mol. The number of phosphoric ester groups is 1. The summed E-state index contributed by atoms with van der Waals surface area (Å²) in [7, 11) is 1.00. The highest BCUT2D eigenvalue weighted by atomic mass is 31.2. The van der Waals surface area contributed by atoms with Crippen LogP contribution < -0.4 is 4.89 Å². The van der Waals surface area contributed by atoms with Crippen molar-refractivity contribution in [1.29, 1.82) is 0 Å². The van der Waals surface area contributed by atoms with E-state index in [1.54, 1.807) is 36.5 Å². The topological polar surface area (TPSA) is 165 Å². The number of esters is 2. The molecule has 4 atom stereocenters. The van der Waals surface area contributed by atoms with Crippen LogP contribution in [-0.2, 0) is 45.5 Å². The average Bonchev–Trinajstić information content (AvgIpc) is 3.49. The Kier molecular flexibility index (Phi) is 32.7. The molecule has 0 spiro atoms. The third-order valence-electron chi connectivity index (χ3n) is 10.7. The first-order valence-corrected chi connectivity index (χ1v) is 25.4. The molecule has 0 radical (unpaired) electrons. The van der Waals surface area contributed by atoms with Crippen molar-refractivity contribution in [3.63, 3.8) is 0 Å². The number of ether oxygens (including phenoxy) is 2. The van der Waals surface area contributed by atoms with Crippen molar-refractivity contribution in [1.82, 2.24) is 0 Å². The predicted octanol–water partition coefficient (Wildman–Crippen LogP) is 10.4. The molecular formula is C50H86NO11P. The smallest absolute Gasteiger partial charge is 0.306 e. The summed E-state index contributed by atoms with van der Waals surface area (Å²) >= 11 is 0. The van der Waals surface area contributed by atoms with Gasteiger partial charge in [0.15, 0.2) is 6.10 Å². The van der Waals surface area contributed by atoms with Crippen LogP contribution in [0.15, 0.2) is 53.0 Å². The largest absolute Gasteiger partial charge is 0.756 e. The molecule has 2 N–H and O–H groups in total. The summed E-state index contributed by atoms with van der Waals surface area (Å²) in [5.74, 6) is 1.20. The van der Waals surface area contributed by atoms with E-state index >= 15 is 0 Å². The monoisotopic (exact) mass is 908 g/mol. The van der Waals surface area contributed by atoms with Crippen molar-refractivity contribution in [2.24, 2.45) is 0 Å². The van der Waals surface area contributed by atoms with E-state index < -0.39 is 44.7 Å². The minimum absolute atomic E-state index is 0.00747. The molecule has 0 aliphatic heterocycles. The summed E-state index contributed by atoms with van der Waals surface area (Å²) in [6, 6.07) is 0. The number of unbranched alkanes of at least 4 members (excludes halogenated alkanes) is 12. The number of allylic oxidation sites excluding steroid dienone is 5. The number of furan rings is 1. The van der Waals surface area contributed by atoms with Crippen molar-refractivity contribution in [2.75, 3.05) is 47.5 Å². The summed E-state index contributed by atoms with van der Waals surface area (Å²) in [5, 5.41) is 20.4. The Labute approximate surface area is 381 Å². The van der Waals surface area contributed by atoms with Gasteiger partial charge < -0.3 is 42.5 Å². The molecule has 0 aliphatic carbocycles. The number of hydrogen-bond donors (Lipinski definition) is 2. The maximum absolute atomic E-state index is 12.8. The minimum Gasteiger partial charge on any atom is -0.756 e. The molecule has 63 heavy (non-hydrogen) atoms. The lowest BCUT2D eigenvalue weighted by molar-refractivity contribution is -0.870. The molecule has 0 bridgehead atoms. The van der Waals surface area contributed by atoms with E-state index in [2.05, 4.69) is 33.8 Å².